The lowest BCUT2D eigenvalue weighted by Crippen LogP contribution is -2.51. The molecule has 1 aliphatic rings. The quantitative estimate of drug-likeness (QED) is 0.755. The zero-order chi connectivity index (χ0) is 13.2. The highest BCUT2D eigenvalue weighted by atomic mass is 32.2. The molecule has 2 rings (SSSR count). The van der Waals surface area contributed by atoms with Crippen LogP contribution in [0.1, 0.15) is 33.1 Å². The molecule has 18 heavy (non-hydrogen) atoms. The zero-order valence-electron chi connectivity index (χ0n) is 10.7. The smallest absolute Gasteiger partial charge is 0.323 e. The van der Waals surface area contributed by atoms with Crippen molar-refractivity contribution in [3.05, 3.63) is 17.5 Å². The molecule has 1 saturated carbocycles. The molecule has 0 aliphatic heterocycles. The van der Waals surface area contributed by atoms with Crippen LogP contribution in [0.3, 0.4) is 0 Å². The maximum absolute atomic E-state index is 11.5. The third kappa shape index (κ3) is 3.73. The molecule has 1 heterocycles. The first kappa shape index (κ1) is 13.9. The van der Waals surface area contributed by atoms with E-state index in [9.17, 15) is 9.90 Å². The van der Waals surface area contributed by atoms with Crippen molar-refractivity contribution in [2.45, 2.75) is 54.1 Å². The Morgan fingerprint density at radius 2 is 2.44 bits per heavy atom. The molecule has 2 unspecified atom stereocenters. The molecule has 0 aromatic carbocycles. The van der Waals surface area contributed by atoms with E-state index in [-0.39, 0.29) is 5.25 Å². The predicted molar refractivity (Wildman–Crippen MR) is 76.5 cm³/mol. The van der Waals surface area contributed by atoms with E-state index in [2.05, 4.69) is 18.3 Å². The lowest BCUT2D eigenvalue weighted by Gasteiger charge is -2.29. The fraction of sp³-hybridized carbons (Fsp3) is 0.615. The molecule has 1 aromatic heterocycles. The Bertz CT molecular complexity index is 403. The molecule has 0 saturated heterocycles. The first-order valence-electron chi connectivity index (χ1n) is 6.21. The summed E-state index contributed by atoms with van der Waals surface area (Å²) in [6.07, 6.45) is 2.85. The Balaban J connectivity index is 1.92. The number of thiophene rings is 1. The molecule has 2 atom stereocenters. The average Bonchev–Trinajstić information content (AvgIpc) is 2.92. The maximum Gasteiger partial charge on any atom is 0.323 e. The average molecular weight is 285 g/mol. The van der Waals surface area contributed by atoms with Crippen LogP contribution >= 0.6 is 23.1 Å². The lowest BCUT2D eigenvalue weighted by atomic mass is 9.96. The predicted octanol–water partition coefficient (Wildman–Crippen LogP) is 3.21. The van der Waals surface area contributed by atoms with E-state index < -0.39 is 11.5 Å². The second kappa shape index (κ2) is 5.63. The first-order chi connectivity index (χ1) is 8.49. The Hall–Kier alpha value is -0.520. The number of nitrogens with one attached hydrogen (secondary N) is 1. The molecule has 0 bridgehead atoms. The third-order valence-corrected chi connectivity index (χ3v) is 5.26. The summed E-state index contributed by atoms with van der Waals surface area (Å²) < 4.78 is 1.25. The lowest BCUT2D eigenvalue weighted by molar-refractivity contribution is -0.144. The second-order valence-electron chi connectivity index (χ2n) is 5.12. The van der Waals surface area contributed by atoms with Crippen molar-refractivity contribution in [2.24, 2.45) is 0 Å². The Morgan fingerprint density at radius 1 is 1.72 bits per heavy atom. The van der Waals surface area contributed by atoms with E-state index in [1.807, 2.05) is 11.4 Å². The summed E-state index contributed by atoms with van der Waals surface area (Å²) in [7, 11) is 0. The van der Waals surface area contributed by atoms with Crippen LogP contribution in [0.15, 0.2) is 21.7 Å². The summed E-state index contributed by atoms with van der Waals surface area (Å²) in [6.45, 7) is 3.90. The normalized spacial score (nSPS) is 20.3. The van der Waals surface area contributed by atoms with E-state index in [0.717, 1.165) is 12.8 Å². The highest BCUT2D eigenvalue weighted by molar-refractivity contribution is 8.01. The number of carboxylic acid groups (broad SMARTS) is 1. The van der Waals surface area contributed by atoms with Crippen LogP contribution in [-0.4, -0.2) is 27.9 Å². The maximum atomic E-state index is 11.5. The fourth-order valence-corrected chi connectivity index (χ4v) is 4.33. The van der Waals surface area contributed by atoms with Crippen molar-refractivity contribution >= 4 is 29.1 Å². The molecular weight excluding hydrogens is 266 g/mol. The first-order valence-corrected chi connectivity index (χ1v) is 7.97. The number of hydrogen-bond acceptors (Lipinski definition) is 4. The molecule has 1 fully saturated rings. The number of rotatable bonds is 7. The van der Waals surface area contributed by atoms with Gasteiger partial charge in [0.15, 0.2) is 0 Å². The van der Waals surface area contributed by atoms with Crippen molar-refractivity contribution in [3.8, 4) is 0 Å². The van der Waals surface area contributed by atoms with Crippen LogP contribution in [0.2, 0.25) is 0 Å². The number of aliphatic carboxylic acids is 1. The number of thioether (sulfide) groups is 1. The minimum Gasteiger partial charge on any atom is -0.480 e. The van der Waals surface area contributed by atoms with Gasteiger partial charge in [0.2, 0.25) is 0 Å². The van der Waals surface area contributed by atoms with E-state index in [0.29, 0.717) is 12.5 Å². The minimum absolute atomic E-state index is 0.288. The second-order valence-corrected chi connectivity index (χ2v) is 7.81. The van der Waals surface area contributed by atoms with Gasteiger partial charge < -0.3 is 5.11 Å². The van der Waals surface area contributed by atoms with E-state index in [4.69, 9.17) is 0 Å². The van der Waals surface area contributed by atoms with Gasteiger partial charge in [0.1, 0.15) is 5.54 Å². The summed E-state index contributed by atoms with van der Waals surface area (Å²) in [5, 5.41) is 15.0. The van der Waals surface area contributed by atoms with Crippen molar-refractivity contribution in [1.29, 1.82) is 0 Å². The molecule has 0 spiro atoms. The van der Waals surface area contributed by atoms with Gasteiger partial charge in [0.25, 0.3) is 0 Å². The van der Waals surface area contributed by atoms with Crippen LogP contribution in [0.4, 0.5) is 0 Å². The van der Waals surface area contributed by atoms with Crippen LogP contribution in [0.5, 0.6) is 0 Å². The van der Waals surface area contributed by atoms with Crippen molar-refractivity contribution in [3.63, 3.8) is 0 Å². The number of carbonyl (C=O) groups is 1. The van der Waals surface area contributed by atoms with Crippen molar-refractivity contribution in [1.82, 2.24) is 5.32 Å². The van der Waals surface area contributed by atoms with Gasteiger partial charge in [-0.25, -0.2) is 0 Å². The van der Waals surface area contributed by atoms with Crippen LogP contribution in [0.25, 0.3) is 0 Å². The molecule has 100 valence electrons. The zero-order valence-corrected chi connectivity index (χ0v) is 12.3. The van der Waals surface area contributed by atoms with Gasteiger partial charge >= 0.3 is 5.97 Å². The summed E-state index contributed by atoms with van der Waals surface area (Å²) >= 11 is 3.46. The van der Waals surface area contributed by atoms with Gasteiger partial charge in [-0.1, -0.05) is 13.0 Å². The summed E-state index contributed by atoms with van der Waals surface area (Å²) in [4.78, 5) is 11.5. The Labute approximate surface area is 116 Å². The molecular formula is C13H19NO2S2. The van der Waals surface area contributed by atoms with E-state index in [1.165, 1.54) is 4.21 Å². The third-order valence-electron chi connectivity index (χ3n) is 3.08. The molecule has 0 amide bonds. The standard InChI is InChI=1S/C13H19NO2S2/c1-9(18-11-4-3-7-17-11)8-13(2,12(15)16)14-10-5-6-10/h3-4,7,9-10,14H,5-6,8H2,1-2H3,(H,15,16). The van der Waals surface area contributed by atoms with Gasteiger partial charge in [0, 0.05) is 11.3 Å². The Kier molecular flexibility index (Phi) is 4.35. The van der Waals surface area contributed by atoms with Gasteiger partial charge in [-0.3, -0.25) is 10.1 Å². The molecule has 3 nitrogen and oxygen atoms in total. The van der Waals surface area contributed by atoms with Crippen LogP contribution < -0.4 is 5.32 Å². The molecule has 2 N–H and O–H groups in total. The molecule has 1 aliphatic carbocycles. The van der Waals surface area contributed by atoms with Crippen LogP contribution in [-0.2, 0) is 4.79 Å². The van der Waals surface area contributed by atoms with Gasteiger partial charge in [-0.15, -0.1) is 23.1 Å². The Morgan fingerprint density at radius 3 is 2.94 bits per heavy atom. The minimum atomic E-state index is -0.801. The number of carboxylic acids is 1. The van der Waals surface area contributed by atoms with Crippen LogP contribution in [0, 0.1) is 0 Å². The van der Waals surface area contributed by atoms with E-state index >= 15 is 0 Å². The largest absolute Gasteiger partial charge is 0.480 e. The summed E-state index contributed by atoms with van der Waals surface area (Å²) in [5.41, 5.74) is -0.801. The van der Waals surface area contributed by atoms with Gasteiger partial charge in [-0.05, 0) is 37.6 Å². The highest BCUT2D eigenvalue weighted by Crippen LogP contribution is 2.33. The molecule has 0 radical (unpaired) electrons. The van der Waals surface area contributed by atoms with E-state index in [1.54, 1.807) is 30.0 Å². The summed E-state index contributed by atoms with van der Waals surface area (Å²) in [6, 6.07) is 4.52. The van der Waals surface area contributed by atoms with Gasteiger partial charge in [-0.2, -0.15) is 0 Å². The van der Waals surface area contributed by atoms with Crippen molar-refractivity contribution < 1.29 is 9.90 Å². The number of hydrogen-bond donors (Lipinski definition) is 2. The summed E-state index contributed by atoms with van der Waals surface area (Å²) in [5.74, 6) is -0.743. The molecule has 5 heteroatoms. The fourth-order valence-electron chi connectivity index (χ4n) is 2.03. The monoisotopic (exact) mass is 285 g/mol. The SMILES string of the molecule is CC(CC(C)(NC1CC1)C(=O)O)Sc1cccs1. The highest BCUT2D eigenvalue weighted by Gasteiger charge is 2.39. The molecule has 1 aromatic rings. The van der Waals surface area contributed by atoms with Crippen molar-refractivity contribution in [2.75, 3.05) is 0 Å². The van der Waals surface area contributed by atoms with Gasteiger partial charge in [0.05, 0.1) is 4.21 Å². The topological polar surface area (TPSA) is 49.3 Å².